The molecular formula is C21H14Cl2FN7O. The number of benzene rings is 2. The van der Waals surface area contributed by atoms with Crippen LogP contribution in [0.25, 0.3) is 27.8 Å². The van der Waals surface area contributed by atoms with Crippen molar-refractivity contribution in [1.29, 1.82) is 0 Å². The third-order valence-electron chi connectivity index (χ3n) is 5.00. The molecule has 0 bridgehead atoms. The van der Waals surface area contributed by atoms with Gasteiger partial charge in [-0.25, -0.2) is 24.3 Å². The molecule has 8 nitrogen and oxygen atoms in total. The molecule has 0 aliphatic carbocycles. The van der Waals surface area contributed by atoms with Crippen LogP contribution in [0, 0.1) is 5.82 Å². The van der Waals surface area contributed by atoms with Crippen LogP contribution in [-0.2, 0) is 0 Å². The van der Waals surface area contributed by atoms with E-state index in [1.54, 1.807) is 18.2 Å². The van der Waals surface area contributed by atoms with E-state index in [4.69, 9.17) is 23.2 Å². The molecular weight excluding hydrogens is 456 g/mol. The van der Waals surface area contributed by atoms with Crippen molar-refractivity contribution < 1.29 is 4.39 Å². The molecule has 3 heterocycles. The summed E-state index contributed by atoms with van der Waals surface area (Å²) in [6.07, 6.45) is 2.89. The van der Waals surface area contributed by atoms with E-state index in [2.05, 4.69) is 30.2 Å². The van der Waals surface area contributed by atoms with E-state index in [9.17, 15) is 9.18 Å². The smallest absolute Gasteiger partial charge is 0.269 e. The Morgan fingerprint density at radius 2 is 1.97 bits per heavy atom. The lowest BCUT2D eigenvalue weighted by atomic mass is 10.2. The Kier molecular flexibility index (Phi) is 4.99. The second kappa shape index (κ2) is 7.85. The van der Waals surface area contributed by atoms with Gasteiger partial charge in [0.1, 0.15) is 28.9 Å². The highest BCUT2D eigenvalue weighted by Gasteiger charge is 2.21. The Balaban J connectivity index is 1.73. The molecule has 32 heavy (non-hydrogen) atoms. The first-order valence-corrected chi connectivity index (χ1v) is 10.3. The van der Waals surface area contributed by atoms with Gasteiger partial charge in [0.25, 0.3) is 5.56 Å². The molecule has 0 spiro atoms. The Morgan fingerprint density at radius 3 is 2.78 bits per heavy atom. The molecule has 5 aromatic rings. The monoisotopic (exact) mass is 469 g/mol. The average molecular weight is 470 g/mol. The summed E-state index contributed by atoms with van der Waals surface area (Å²) in [7, 11) is 0. The molecule has 2 aromatic carbocycles. The fraction of sp³-hybridized carbons (Fsp3) is 0.0952. The highest BCUT2D eigenvalue weighted by Crippen LogP contribution is 2.28. The van der Waals surface area contributed by atoms with Crippen molar-refractivity contribution in [1.82, 2.24) is 29.5 Å². The average Bonchev–Trinajstić information content (AvgIpc) is 3.25. The summed E-state index contributed by atoms with van der Waals surface area (Å²) in [5.41, 5.74) is 1.17. The minimum atomic E-state index is -0.657. The Hall–Kier alpha value is -3.56. The molecule has 5 rings (SSSR count). The lowest BCUT2D eigenvalue weighted by Crippen LogP contribution is -2.28. The molecule has 3 aromatic heterocycles. The van der Waals surface area contributed by atoms with E-state index < -0.39 is 17.4 Å². The van der Waals surface area contributed by atoms with Crippen LogP contribution in [-0.4, -0.2) is 29.5 Å². The van der Waals surface area contributed by atoms with Crippen LogP contribution in [0.2, 0.25) is 10.0 Å². The van der Waals surface area contributed by atoms with Crippen molar-refractivity contribution in [2.24, 2.45) is 0 Å². The van der Waals surface area contributed by atoms with Gasteiger partial charge in [0.2, 0.25) is 0 Å². The molecule has 2 N–H and O–H groups in total. The van der Waals surface area contributed by atoms with Crippen molar-refractivity contribution >= 4 is 51.1 Å². The molecule has 0 amide bonds. The Morgan fingerprint density at radius 1 is 1.12 bits per heavy atom. The maximum absolute atomic E-state index is 14.6. The number of fused-ring (bicyclic) bond motifs is 2. The zero-order valence-corrected chi connectivity index (χ0v) is 18.0. The van der Waals surface area contributed by atoms with E-state index in [0.29, 0.717) is 33.5 Å². The van der Waals surface area contributed by atoms with E-state index in [0.717, 1.165) is 0 Å². The maximum Gasteiger partial charge on any atom is 0.269 e. The predicted octanol–water partition coefficient (Wildman–Crippen LogP) is 4.67. The number of anilines is 1. The van der Waals surface area contributed by atoms with Gasteiger partial charge in [-0.2, -0.15) is 0 Å². The van der Waals surface area contributed by atoms with E-state index >= 15 is 0 Å². The number of rotatable bonds is 4. The fourth-order valence-electron chi connectivity index (χ4n) is 3.52. The number of aromatic amines is 1. The van der Waals surface area contributed by atoms with Gasteiger partial charge in [0, 0.05) is 0 Å². The van der Waals surface area contributed by atoms with Crippen LogP contribution in [0.15, 0.2) is 53.8 Å². The first-order valence-electron chi connectivity index (χ1n) is 9.51. The third kappa shape index (κ3) is 3.35. The second-order valence-corrected chi connectivity index (χ2v) is 7.85. The number of halogens is 3. The normalized spacial score (nSPS) is 12.4. The van der Waals surface area contributed by atoms with E-state index in [1.165, 1.54) is 35.4 Å². The summed E-state index contributed by atoms with van der Waals surface area (Å²) >= 11 is 12.2. The molecule has 0 aliphatic heterocycles. The summed E-state index contributed by atoms with van der Waals surface area (Å²) in [6.45, 7) is 1.81. The van der Waals surface area contributed by atoms with Gasteiger partial charge < -0.3 is 10.3 Å². The van der Waals surface area contributed by atoms with Gasteiger partial charge in [-0.1, -0.05) is 29.3 Å². The fourth-order valence-corrected chi connectivity index (χ4v) is 3.81. The van der Waals surface area contributed by atoms with Crippen LogP contribution < -0.4 is 10.9 Å². The van der Waals surface area contributed by atoms with Gasteiger partial charge in [-0.05, 0) is 37.3 Å². The highest BCUT2D eigenvalue weighted by atomic mass is 35.5. The van der Waals surface area contributed by atoms with Gasteiger partial charge in [-0.3, -0.25) is 9.36 Å². The van der Waals surface area contributed by atoms with Gasteiger partial charge in [0.05, 0.1) is 33.6 Å². The zero-order chi connectivity index (χ0) is 22.4. The maximum atomic E-state index is 14.6. The first-order chi connectivity index (χ1) is 15.4. The summed E-state index contributed by atoms with van der Waals surface area (Å²) in [5.74, 6) is 0.156. The Labute approximate surface area is 190 Å². The quantitative estimate of drug-likeness (QED) is 0.396. The number of nitrogens with zero attached hydrogens (tertiary/aromatic N) is 5. The van der Waals surface area contributed by atoms with E-state index in [1.807, 2.05) is 6.92 Å². The summed E-state index contributed by atoms with van der Waals surface area (Å²) in [4.78, 5) is 33.5. The first kappa shape index (κ1) is 20.3. The topological polar surface area (TPSA) is 101 Å². The molecule has 0 saturated heterocycles. The van der Waals surface area contributed by atoms with Crippen LogP contribution in [0.1, 0.15) is 18.8 Å². The minimum Gasteiger partial charge on any atom is -0.358 e. The van der Waals surface area contributed by atoms with Crippen LogP contribution in [0.4, 0.5) is 10.2 Å². The summed E-state index contributed by atoms with van der Waals surface area (Å²) in [6, 6.07) is 8.53. The molecule has 1 atom stereocenters. The molecule has 0 unspecified atom stereocenters. The number of nitrogens with one attached hydrogen (secondary N) is 2. The molecule has 0 radical (unpaired) electrons. The zero-order valence-electron chi connectivity index (χ0n) is 16.5. The molecule has 0 aliphatic rings. The molecule has 0 fully saturated rings. The standard InChI is InChI=1S/C21H14Cl2FN7O/c1-10(29-19-17-18(26-8-25-17)27-9-28-19)20-30-15-4-2-3-14(24)16(15)21(32)31(20)11-5-6-12(22)13(23)7-11/h2-10H,1H3,(H2,25,26,27,28,29)/t10-/m0/s1. The molecule has 0 saturated carbocycles. The summed E-state index contributed by atoms with van der Waals surface area (Å²) < 4.78 is 15.9. The Bertz CT molecular complexity index is 1550. The van der Waals surface area contributed by atoms with Gasteiger partial charge in [-0.15, -0.1) is 0 Å². The minimum absolute atomic E-state index is 0.118. The molecule has 160 valence electrons. The van der Waals surface area contributed by atoms with E-state index in [-0.39, 0.29) is 15.9 Å². The van der Waals surface area contributed by atoms with Gasteiger partial charge >= 0.3 is 0 Å². The number of aromatic nitrogens is 6. The number of H-pyrrole nitrogens is 1. The van der Waals surface area contributed by atoms with Crippen molar-refractivity contribution in [2.75, 3.05) is 5.32 Å². The van der Waals surface area contributed by atoms with Crippen molar-refractivity contribution in [3.63, 3.8) is 0 Å². The number of hydrogen-bond acceptors (Lipinski definition) is 6. The molecule has 11 heteroatoms. The number of imidazole rings is 1. The second-order valence-electron chi connectivity index (χ2n) is 7.03. The summed E-state index contributed by atoms with van der Waals surface area (Å²) in [5, 5.41) is 3.70. The van der Waals surface area contributed by atoms with Crippen LogP contribution >= 0.6 is 23.2 Å². The number of hydrogen-bond donors (Lipinski definition) is 2. The lowest BCUT2D eigenvalue weighted by molar-refractivity contribution is 0.635. The third-order valence-corrected chi connectivity index (χ3v) is 5.74. The largest absolute Gasteiger partial charge is 0.358 e. The van der Waals surface area contributed by atoms with Crippen LogP contribution in [0.5, 0.6) is 0 Å². The van der Waals surface area contributed by atoms with Crippen molar-refractivity contribution in [3.05, 3.63) is 81.1 Å². The van der Waals surface area contributed by atoms with Gasteiger partial charge in [0.15, 0.2) is 11.5 Å². The SMILES string of the molecule is C[C@H](Nc1ncnc2nc[nH]c12)c1nc2cccc(F)c2c(=O)n1-c1ccc(Cl)c(Cl)c1. The highest BCUT2D eigenvalue weighted by molar-refractivity contribution is 6.42. The van der Waals surface area contributed by atoms with Crippen molar-refractivity contribution in [3.8, 4) is 5.69 Å². The van der Waals surface area contributed by atoms with Crippen molar-refractivity contribution in [2.45, 2.75) is 13.0 Å². The predicted molar refractivity (Wildman–Crippen MR) is 121 cm³/mol. The lowest BCUT2D eigenvalue weighted by Gasteiger charge is -2.20. The van der Waals surface area contributed by atoms with Crippen LogP contribution in [0.3, 0.4) is 0 Å².